The molecule has 0 saturated carbocycles. The molecule has 1 atom stereocenters. The topological polar surface area (TPSA) is 50.8 Å². The zero-order chi connectivity index (χ0) is 19.1. The van der Waals surface area contributed by atoms with Gasteiger partial charge in [0.05, 0.1) is 26.7 Å². The zero-order valence-electron chi connectivity index (χ0n) is 16.1. The molecular formula is C21H28N2O3S. The van der Waals surface area contributed by atoms with E-state index in [-0.39, 0.29) is 11.9 Å². The lowest BCUT2D eigenvalue weighted by Crippen LogP contribution is -2.41. The number of likely N-dealkylation sites (tertiary alicyclic amines) is 1. The number of carbonyl (C=O) groups excluding carboxylic acids is 1. The van der Waals surface area contributed by atoms with Gasteiger partial charge in [-0.25, -0.2) is 0 Å². The predicted molar refractivity (Wildman–Crippen MR) is 109 cm³/mol. The molecule has 1 unspecified atom stereocenters. The monoisotopic (exact) mass is 388 g/mol. The molecule has 0 bridgehead atoms. The van der Waals surface area contributed by atoms with Gasteiger partial charge in [-0.3, -0.25) is 9.69 Å². The maximum absolute atomic E-state index is 12.4. The second-order valence-corrected chi connectivity index (χ2v) is 7.82. The second kappa shape index (κ2) is 9.76. The summed E-state index contributed by atoms with van der Waals surface area (Å²) in [7, 11) is 3.30. The average molecular weight is 389 g/mol. The Balaban J connectivity index is 1.73. The lowest BCUT2D eigenvalue weighted by molar-refractivity contribution is -0.120. The fourth-order valence-corrected chi connectivity index (χ4v) is 4.30. The number of methoxy groups -OCH3 is 2. The Morgan fingerprint density at radius 1 is 1.15 bits per heavy atom. The summed E-state index contributed by atoms with van der Waals surface area (Å²) in [5, 5.41) is 5.14. The number of piperidine rings is 1. The zero-order valence-corrected chi connectivity index (χ0v) is 16.9. The molecular weight excluding hydrogens is 360 g/mol. The lowest BCUT2D eigenvalue weighted by Gasteiger charge is -2.35. The molecule has 2 aromatic rings. The molecule has 1 N–H and O–H groups in total. The molecule has 3 rings (SSSR count). The molecule has 5 nitrogen and oxygen atoms in total. The minimum atomic E-state index is 0.0694. The number of benzene rings is 1. The number of hydrogen-bond donors (Lipinski definition) is 1. The van der Waals surface area contributed by atoms with Crippen molar-refractivity contribution >= 4 is 17.2 Å². The molecule has 0 aliphatic carbocycles. The number of amides is 1. The van der Waals surface area contributed by atoms with Gasteiger partial charge in [0.2, 0.25) is 5.91 Å². The van der Waals surface area contributed by atoms with Crippen molar-refractivity contribution in [1.29, 1.82) is 0 Å². The van der Waals surface area contributed by atoms with Crippen LogP contribution in [0.4, 0.5) is 0 Å². The van der Waals surface area contributed by atoms with Gasteiger partial charge in [-0.1, -0.05) is 18.6 Å². The highest BCUT2D eigenvalue weighted by Gasteiger charge is 2.24. The van der Waals surface area contributed by atoms with Crippen molar-refractivity contribution in [2.24, 2.45) is 0 Å². The predicted octanol–water partition coefficient (Wildman–Crippen LogP) is 3.65. The van der Waals surface area contributed by atoms with Gasteiger partial charge < -0.3 is 14.8 Å². The Morgan fingerprint density at radius 2 is 1.93 bits per heavy atom. The molecule has 2 heterocycles. The summed E-state index contributed by atoms with van der Waals surface area (Å²) in [6.07, 6.45) is 4.12. The van der Waals surface area contributed by atoms with Gasteiger partial charge >= 0.3 is 0 Å². The summed E-state index contributed by atoms with van der Waals surface area (Å²) >= 11 is 1.62. The molecule has 146 valence electrons. The van der Waals surface area contributed by atoms with Crippen LogP contribution in [0.25, 0.3) is 0 Å². The van der Waals surface area contributed by atoms with Crippen LogP contribution < -0.4 is 14.8 Å². The molecule has 1 fully saturated rings. The first-order valence-electron chi connectivity index (χ1n) is 9.46. The molecule has 1 amide bonds. The van der Waals surface area contributed by atoms with E-state index in [1.165, 1.54) is 19.3 Å². The van der Waals surface area contributed by atoms with E-state index in [2.05, 4.69) is 16.3 Å². The van der Waals surface area contributed by atoms with Crippen molar-refractivity contribution < 1.29 is 14.3 Å². The molecule has 1 aromatic carbocycles. The van der Waals surface area contributed by atoms with E-state index in [4.69, 9.17) is 9.47 Å². The van der Waals surface area contributed by atoms with Crippen molar-refractivity contribution in [3.05, 3.63) is 46.2 Å². The molecule has 0 radical (unpaired) electrons. The highest BCUT2D eigenvalue weighted by Crippen LogP contribution is 2.32. The fraction of sp³-hybridized carbons (Fsp3) is 0.476. The third-order valence-electron chi connectivity index (χ3n) is 5.03. The minimum absolute atomic E-state index is 0.0694. The first kappa shape index (κ1) is 19.7. The van der Waals surface area contributed by atoms with Gasteiger partial charge in [-0.2, -0.15) is 0 Å². The van der Waals surface area contributed by atoms with Crippen molar-refractivity contribution in [1.82, 2.24) is 10.2 Å². The number of hydrogen-bond acceptors (Lipinski definition) is 5. The standard InChI is InChI=1S/C21H28N2O3S/c1-25-19-9-8-16(13-20(19)26-2)18(23-10-4-3-5-11-23)15-22-21(24)14-17-7-6-12-27-17/h6-9,12-13,18H,3-5,10-11,14-15H2,1-2H3,(H,22,24). The van der Waals surface area contributed by atoms with Crippen LogP contribution in [0.15, 0.2) is 35.7 Å². The van der Waals surface area contributed by atoms with Crippen LogP contribution in [0.3, 0.4) is 0 Å². The molecule has 0 spiro atoms. The largest absolute Gasteiger partial charge is 0.493 e. The third kappa shape index (κ3) is 5.23. The minimum Gasteiger partial charge on any atom is -0.493 e. The Hall–Kier alpha value is -2.05. The van der Waals surface area contributed by atoms with E-state index in [0.29, 0.717) is 13.0 Å². The molecule has 1 aromatic heterocycles. The van der Waals surface area contributed by atoms with Gasteiger partial charge in [-0.15, -0.1) is 11.3 Å². The maximum atomic E-state index is 12.4. The fourth-order valence-electron chi connectivity index (χ4n) is 3.59. The van der Waals surface area contributed by atoms with Crippen LogP contribution >= 0.6 is 11.3 Å². The van der Waals surface area contributed by atoms with Crippen LogP contribution in [0, 0.1) is 0 Å². The SMILES string of the molecule is COc1ccc(C(CNC(=O)Cc2cccs2)N2CCCCC2)cc1OC. The molecule has 1 aliphatic rings. The van der Waals surface area contributed by atoms with Crippen molar-refractivity contribution in [3.63, 3.8) is 0 Å². The van der Waals surface area contributed by atoms with Crippen LogP contribution in [-0.4, -0.2) is 44.7 Å². The first-order valence-corrected chi connectivity index (χ1v) is 10.3. The van der Waals surface area contributed by atoms with E-state index in [9.17, 15) is 4.79 Å². The van der Waals surface area contributed by atoms with Gasteiger partial charge in [0.1, 0.15) is 0 Å². The summed E-state index contributed by atoms with van der Waals surface area (Å²) < 4.78 is 10.8. The van der Waals surface area contributed by atoms with E-state index in [1.807, 2.05) is 29.6 Å². The summed E-state index contributed by atoms with van der Waals surface area (Å²) in [5.41, 5.74) is 1.14. The molecule has 1 saturated heterocycles. The third-order valence-corrected chi connectivity index (χ3v) is 5.91. The number of ether oxygens (including phenoxy) is 2. The van der Waals surface area contributed by atoms with Gasteiger partial charge in [-0.05, 0) is 55.1 Å². The Kier molecular flexibility index (Phi) is 7.12. The van der Waals surface area contributed by atoms with Crippen LogP contribution in [0.2, 0.25) is 0 Å². The average Bonchev–Trinajstić information content (AvgIpc) is 3.21. The van der Waals surface area contributed by atoms with Crippen LogP contribution in [0.1, 0.15) is 35.7 Å². The number of carbonyl (C=O) groups is 1. The smallest absolute Gasteiger partial charge is 0.225 e. The highest BCUT2D eigenvalue weighted by molar-refractivity contribution is 7.10. The Bertz CT molecular complexity index is 727. The lowest BCUT2D eigenvalue weighted by atomic mass is 10.0. The first-order chi connectivity index (χ1) is 13.2. The molecule has 6 heteroatoms. The number of rotatable bonds is 8. The normalized spacial score (nSPS) is 15.9. The summed E-state index contributed by atoms with van der Waals surface area (Å²) in [4.78, 5) is 15.9. The second-order valence-electron chi connectivity index (χ2n) is 6.79. The summed E-state index contributed by atoms with van der Waals surface area (Å²) in [6, 6.07) is 10.2. The maximum Gasteiger partial charge on any atom is 0.225 e. The Labute approximate surface area is 165 Å². The Morgan fingerprint density at radius 3 is 2.59 bits per heavy atom. The summed E-state index contributed by atoms with van der Waals surface area (Å²) in [5.74, 6) is 1.52. The van der Waals surface area contributed by atoms with Crippen molar-refractivity contribution in [2.75, 3.05) is 33.9 Å². The van der Waals surface area contributed by atoms with Crippen molar-refractivity contribution in [2.45, 2.75) is 31.7 Å². The molecule has 1 aliphatic heterocycles. The van der Waals surface area contributed by atoms with E-state index >= 15 is 0 Å². The number of thiophene rings is 1. The van der Waals surface area contributed by atoms with Crippen LogP contribution in [0.5, 0.6) is 11.5 Å². The highest BCUT2D eigenvalue weighted by atomic mass is 32.1. The van der Waals surface area contributed by atoms with E-state index in [1.54, 1.807) is 25.6 Å². The van der Waals surface area contributed by atoms with E-state index < -0.39 is 0 Å². The van der Waals surface area contributed by atoms with Crippen molar-refractivity contribution in [3.8, 4) is 11.5 Å². The van der Waals surface area contributed by atoms with Crippen LogP contribution in [-0.2, 0) is 11.2 Å². The number of nitrogens with one attached hydrogen (secondary N) is 1. The van der Waals surface area contributed by atoms with E-state index in [0.717, 1.165) is 35.0 Å². The quantitative estimate of drug-likeness (QED) is 0.750. The number of nitrogens with zero attached hydrogens (tertiary/aromatic N) is 1. The van der Waals surface area contributed by atoms with Gasteiger partial charge in [0.15, 0.2) is 11.5 Å². The molecule has 27 heavy (non-hydrogen) atoms. The van der Waals surface area contributed by atoms with Gasteiger partial charge in [0.25, 0.3) is 0 Å². The van der Waals surface area contributed by atoms with Gasteiger partial charge in [0, 0.05) is 11.4 Å². The summed E-state index contributed by atoms with van der Waals surface area (Å²) in [6.45, 7) is 2.71.